The van der Waals surface area contributed by atoms with Crippen molar-refractivity contribution < 1.29 is 9.53 Å². The molecular formula is C18H32O2. The molecule has 2 rings (SSSR count). The predicted molar refractivity (Wildman–Crippen MR) is 82.5 cm³/mol. The molecule has 0 amide bonds. The largest absolute Gasteiger partial charge is 0.463 e. The summed E-state index contributed by atoms with van der Waals surface area (Å²) in [6, 6.07) is 0. The zero-order chi connectivity index (χ0) is 14.4. The van der Waals surface area contributed by atoms with E-state index in [2.05, 4.69) is 6.92 Å². The van der Waals surface area contributed by atoms with E-state index < -0.39 is 0 Å². The van der Waals surface area contributed by atoms with Gasteiger partial charge in [0.25, 0.3) is 0 Å². The average molecular weight is 280 g/mol. The Morgan fingerprint density at radius 1 is 0.850 bits per heavy atom. The molecule has 20 heavy (non-hydrogen) atoms. The van der Waals surface area contributed by atoms with Crippen LogP contribution in [0.4, 0.5) is 0 Å². The third-order valence-electron chi connectivity index (χ3n) is 5.65. The number of hydrogen-bond acceptors (Lipinski definition) is 2. The van der Waals surface area contributed by atoms with E-state index in [-0.39, 0.29) is 12.1 Å². The molecule has 0 aromatic heterocycles. The highest BCUT2D eigenvalue weighted by Gasteiger charge is 2.25. The molecule has 0 aromatic rings. The Bertz CT molecular complexity index is 284. The zero-order valence-electron chi connectivity index (χ0n) is 13.4. The molecule has 2 nitrogen and oxygen atoms in total. The van der Waals surface area contributed by atoms with Gasteiger partial charge in [-0.05, 0) is 43.4 Å². The number of ether oxygens (including phenoxy) is 1. The molecule has 2 saturated carbocycles. The Kier molecular flexibility index (Phi) is 6.38. The molecule has 0 spiro atoms. The van der Waals surface area contributed by atoms with Crippen LogP contribution in [-0.2, 0) is 9.53 Å². The third kappa shape index (κ3) is 5.10. The van der Waals surface area contributed by atoms with Gasteiger partial charge >= 0.3 is 5.97 Å². The summed E-state index contributed by atoms with van der Waals surface area (Å²) in [5.41, 5.74) is 0. The summed E-state index contributed by atoms with van der Waals surface area (Å²) in [6.07, 6.45) is 15.1. The van der Waals surface area contributed by atoms with Crippen molar-refractivity contribution in [3.63, 3.8) is 0 Å². The average Bonchev–Trinajstić information content (AvgIpc) is 2.46. The molecule has 2 fully saturated rings. The second-order valence-corrected chi connectivity index (χ2v) is 7.12. The lowest BCUT2D eigenvalue weighted by Crippen LogP contribution is -2.24. The Morgan fingerprint density at radius 2 is 1.30 bits per heavy atom. The van der Waals surface area contributed by atoms with Crippen LogP contribution in [-0.4, -0.2) is 12.1 Å². The molecular weight excluding hydrogens is 248 g/mol. The third-order valence-corrected chi connectivity index (χ3v) is 5.65. The van der Waals surface area contributed by atoms with E-state index in [4.69, 9.17) is 4.74 Å². The summed E-state index contributed by atoms with van der Waals surface area (Å²) in [5.74, 6) is 2.81. The molecule has 2 heteroatoms. The quantitative estimate of drug-likeness (QED) is 0.654. The number of carbonyl (C=O) groups is 1. The van der Waals surface area contributed by atoms with Gasteiger partial charge in [0.15, 0.2) is 0 Å². The van der Waals surface area contributed by atoms with Gasteiger partial charge in [-0.15, -0.1) is 0 Å². The van der Waals surface area contributed by atoms with Crippen LogP contribution in [0.3, 0.4) is 0 Å². The summed E-state index contributed by atoms with van der Waals surface area (Å²) < 4.78 is 5.32. The molecule has 0 bridgehead atoms. The van der Waals surface area contributed by atoms with Gasteiger partial charge in [-0.3, -0.25) is 4.79 Å². The Hall–Kier alpha value is -0.530. The monoisotopic (exact) mass is 280 g/mol. The Balaban J connectivity index is 1.58. The standard InChI is InChI=1S/C18H32O2/c1-3-15-4-6-16(7-5-15)8-9-17-10-12-18(13-11-17)20-14(2)19/h15-18H,3-13H2,1-2H3. The van der Waals surface area contributed by atoms with Crippen molar-refractivity contribution in [2.45, 2.75) is 90.6 Å². The highest BCUT2D eigenvalue weighted by Crippen LogP contribution is 2.36. The fraction of sp³-hybridized carbons (Fsp3) is 0.944. The predicted octanol–water partition coefficient (Wildman–Crippen LogP) is 5.10. The van der Waals surface area contributed by atoms with E-state index in [0.717, 1.165) is 30.6 Å². The Labute approximate surface area is 124 Å². The fourth-order valence-corrected chi connectivity index (χ4v) is 4.17. The smallest absolute Gasteiger partial charge is 0.302 e. The molecule has 0 atom stereocenters. The molecule has 0 unspecified atom stereocenters. The lowest BCUT2D eigenvalue weighted by Gasteiger charge is -2.31. The normalized spacial score (nSPS) is 34.7. The van der Waals surface area contributed by atoms with E-state index >= 15 is 0 Å². The molecule has 2 aliphatic carbocycles. The lowest BCUT2D eigenvalue weighted by molar-refractivity contribution is -0.148. The maximum Gasteiger partial charge on any atom is 0.302 e. The van der Waals surface area contributed by atoms with Crippen LogP contribution < -0.4 is 0 Å². The summed E-state index contributed by atoms with van der Waals surface area (Å²) in [4.78, 5) is 11.0. The molecule has 0 saturated heterocycles. The first-order valence-electron chi connectivity index (χ1n) is 8.84. The number of rotatable bonds is 5. The highest BCUT2D eigenvalue weighted by molar-refractivity contribution is 5.66. The number of esters is 1. The highest BCUT2D eigenvalue weighted by atomic mass is 16.5. The van der Waals surface area contributed by atoms with Gasteiger partial charge in [-0.2, -0.15) is 0 Å². The SMILES string of the molecule is CCC1CCC(CCC2CCC(OC(C)=O)CC2)CC1. The number of carbonyl (C=O) groups excluding carboxylic acids is 1. The Morgan fingerprint density at radius 3 is 1.75 bits per heavy atom. The minimum Gasteiger partial charge on any atom is -0.463 e. The van der Waals surface area contributed by atoms with Crippen molar-refractivity contribution in [2.75, 3.05) is 0 Å². The van der Waals surface area contributed by atoms with Gasteiger partial charge in [0.2, 0.25) is 0 Å². The van der Waals surface area contributed by atoms with Crippen molar-refractivity contribution in [3.05, 3.63) is 0 Å². The van der Waals surface area contributed by atoms with Gasteiger partial charge < -0.3 is 4.74 Å². The first kappa shape index (κ1) is 15.9. The van der Waals surface area contributed by atoms with Crippen LogP contribution in [0.15, 0.2) is 0 Å². The van der Waals surface area contributed by atoms with E-state index in [1.54, 1.807) is 0 Å². The zero-order valence-corrected chi connectivity index (χ0v) is 13.4. The van der Waals surface area contributed by atoms with E-state index in [0.29, 0.717) is 0 Å². The van der Waals surface area contributed by atoms with Crippen molar-refractivity contribution >= 4 is 5.97 Å². The van der Waals surface area contributed by atoms with Crippen LogP contribution in [0.1, 0.15) is 84.5 Å². The van der Waals surface area contributed by atoms with Crippen molar-refractivity contribution in [1.82, 2.24) is 0 Å². The first-order valence-corrected chi connectivity index (χ1v) is 8.84. The second-order valence-electron chi connectivity index (χ2n) is 7.12. The second kappa shape index (κ2) is 8.05. The van der Waals surface area contributed by atoms with Gasteiger partial charge in [-0.25, -0.2) is 0 Å². The molecule has 116 valence electrons. The lowest BCUT2D eigenvalue weighted by atomic mass is 9.76. The van der Waals surface area contributed by atoms with E-state index in [1.165, 1.54) is 64.7 Å². The minimum absolute atomic E-state index is 0.110. The topological polar surface area (TPSA) is 26.3 Å². The van der Waals surface area contributed by atoms with Crippen molar-refractivity contribution in [2.24, 2.45) is 17.8 Å². The van der Waals surface area contributed by atoms with Crippen LogP contribution in [0, 0.1) is 17.8 Å². The van der Waals surface area contributed by atoms with E-state index in [9.17, 15) is 4.79 Å². The van der Waals surface area contributed by atoms with Gasteiger partial charge in [-0.1, -0.05) is 51.9 Å². The summed E-state index contributed by atoms with van der Waals surface area (Å²) in [6.45, 7) is 3.87. The van der Waals surface area contributed by atoms with Crippen molar-refractivity contribution in [3.8, 4) is 0 Å². The maximum absolute atomic E-state index is 11.0. The van der Waals surface area contributed by atoms with Crippen molar-refractivity contribution in [1.29, 1.82) is 0 Å². The maximum atomic E-state index is 11.0. The van der Waals surface area contributed by atoms with E-state index in [1.807, 2.05) is 0 Å². The van der Waals surface area contributed by atoms with Gasteiger partial charge in [0, 0.05) is 6.92 Å². The summed E-state index contributed by atoms with van der Waals surface area (Å²) in [7, 11) is 0. The van der Waals surface area contributed by atoms with Crippen LogP contribution in [0.2, 0.25) is 0 Å². The molecule has 0 N–H and O–H groups in total. The van der Waals surface area contributed by atoms with Gasteiger partial charge in [0.05, 0.1) is 0 Å². The number of hydrogen-bond donors (Lipinski definition) is 0. The fourth-order valence-electron chi connectivity index (χ4n) is 4.17. The summed E-state index contributed by atoms with van der Waals surface area (Å²) >= 11 is 0. The molecule has 0 radical (unpaired) electrons. The first-order chi connectivity index (χ1) is 9.67. The minimum atomic E-state index is -0.110. The van der Waals surface area contributed by atoms with Gasteiger partial charge in [0.1, 0.15) is 6.10 Å². The van der Waals surface area contributed by atoms with Crippen LogP contribution >= 0.6 is 0 Å². The summed E-state index contributed by atoms with van der Waals surface area (Å²) in [5, 5.41) is 0. The molecule has 0 heterocycles. The van der Waals surface area contributed by atoms with Crippen LogP contribution in [0.5, 0.6) is 0 Å². The molecule has 2 aliphatic rings. The molecule has 0 aromatic carbocycles. The van der Waals surface area contributed by atoms with Crippen LogP contribution in [0.25, 0.3) is 0 Å². The molecule has 0 aliphatic heterocycles.